The van der Waals surface area contributed by atoms with Crippen LogP contribution in [0.3, 0.4) is 0 Å². The van der Waals surface area contributed by atoms with Gasteiger partial charge in [0, 0.05) is 12.1 Å². The van der Waals surface area contributed by atoms with Crippen molar-refractivity contribution in [2.45, 2.75) is 6.54 Å². The van der Waals surface area contributed by atoms with Crippen LogP contribution < -0.4 is 4.74 Å². The van der Waals surface area contributed by atoms with Crippen LogP contribution in [0.2, 0.25) is 0 Å². The highest BCUT2D eigenvalue weighted by Crippen LogP contribution is 2.16. The van der Waals surface area contributed by atoms with Gasteiger partial charge in [0.25, 0.3) is 0 Å². The molecule has 0 aliphatic rings. The fourth-order valence-electron chi connectivity index (χ4n) is 2.18. The third kappa shape index (κ3) is 4.39. The van der Waals surface area contributed by atoms with Crippen molar-refractivity contribution in [3.05, 3.63) is 66.3 Å². The van der Waals surface area contributed by atoms with E-state index in [0.29, 0.717) is 24.9 Å². The number of hydrogen-bond donors (Lipinski definition) is 0. The molecule has 0 fully saturated rings. The molecule has 1 heterocycles. The first-order valence-electron chi connectivity index (χ1n) is 7.65. The zero-order chi connectivity index (χ0) is 16.8. The largest absolute Gasteiger partial charge is 0.492 e. The number of ether oxygens (including phenoxy) is 1. The molecule has 0 spiro atoms. The molecule has 0 N–H and O–H groups in total. The Morgan fingerprint density at radius 2 is 1.83 bits per heavy atom. The van der Waals surface area contributed by atoms with Crippen molar-refractivity contribution >= 4 is 0 Å². The van der Waals surface area contributed by atoms with Crippen molar-refractivity contribution in [2.75, 3.05) is 20.2 Å². The minimum absolute atomic E-state index is 0.291. The molecule has 0 saturated carbocycles. The second-order valence-electron chi connectivity index (χ2n) is 5.42. The highest BCUT2D eigenvalue weighted by molar-refractivity contribution is 5.53. The first kappa shape index (κ1) is 16.1. The maximum Gasteiger partial charge on any atom is 0.241 e. The molecule has 2 aromatic carbocycles. The van der Waals surface area contributed by atoms with Gasteiger partial charge in [-0.25, -0.2) is 4.39 Å². The molecule has 0 unspecified atom stereocenters. The molecule has 0 bridgehead atoms. The molecule has 0 radical (unpaired) electrons. The highest BCUT2D eigenvalue weighted by Gasteiger charge is 2.11. The number of hydrogen-bond acceptors (Lipinski definition) is 5. The van der Waals surface area contributed by atoms with Crippen LogP contribution in [0.4, 0.5) is 4.39 Å². The van der Waals surface area contributed by atoms with Gasteiger partial charge in [-0.2, -0.15) is 4.98 Å². The third-order valence-corrected chi connectivity index (χ3v) is 3.46. The maximum absolute atomic E-state index is 12.9. The second-order valence-corrected chi connectivity index (χ2v) is 5.42. The predicted molar refractivity (Wildman–Crippen MR) is 88.0 cm³/mol. The summed E-state index contributed by atoms with van der Waals surface area (Å²) in [4.78, 5) is 6.37. The molecule has 0 amide bonds. The Kier molecular flexibility index (Phi) is 5.18. The molecule has 3 rings (SSSR count). The Hall–Kier alpha value is -2.73. The zero-order valence-electron chi connectivity index (χ0n) is 13.4. The molecule has 0 aliphatic heterocycles. The highest BCUT2D eigenvalue weighted by atomic mass is 19.1. The van der Waals surface area contributed by atoms with Gasteiger partial charge in [-0.15, -0.1) is 0 Å². The van der Waals surface area contributed by atoms with E-state index in [1.165, 1.54) is 12.1 Å². The molecular formula is C18H18FN3O2. The lowest BCUT2D eigenvalue weighted by molar-refractivity contribution is 0.213. The average Bonchev–Trinajstić information content (AvgIpc) is 3.05. The standard InChI is InChI=1S/C18H18FN3O2/c1-22(11-12-23-16-5-3-2-4-6-16)13-17-20-18(21-24-17)14-7-9-15(19)10-8-14/h2-10H,11-13H2,1H3. The van der Waals surface area contributed by atoms with Crippen LogP contribution in [0, 0.1) is 5.82 Å². The van der Waals surface area contributed by atoms with Crippen molar-refractivity contribution in [1.29, 1.82) is 0 Å². The van der Waals surface area contributed by atoms with E-state index in [4.69, 9.17) is 9.26 Å². The van der Waals surface area contributed by atoms with Crippen LogP contribution >= 0.6 is 0 Å². The van der Waals surface area contributed by atoms with Crippen molar-refractivity contribution in [2.24, 2.45) is 0 Å². The number of rotatable bonds is 7. The number of halogens is 1. The minimum atomic E-state index is -0.291. The van der Waals surface area contributed by atoms with E-state index in [2.05, 4.69) is 10.1 Å². The summed E-state index contributed by atoms with van der Waals surface area (Å²) in [5.41, 5.74) is 0.724. The van der Waals surface area contributed by atoms with E-state index in [1.54, 1.807) is 12.1 Å². The number of para-hydroxylation sites is 1. The molecule has 24 heavy (non-hydrogen) atoms. The van der Waals surface area contributed by atoms with Gasteiger partial charge in [-0.05, 0) is 43.4 Å². The van der Waals surface area contributed by atoms with Gasteiger partial charge < -0.3 is 9.26 Å². The summed E-state index contributed by atoms with van der Waals surface area (Å²) in [6, 6.07) is 15.7. The van der Waals surface area contributed by atoms with Gasteiger partial charge in [0.2, 0.25) is 11.7 Å². The Bertz CT molecular complexity index is 759. The quantitative estimate of drug-likeness (QED) is 0.666. The SMILES string of the molecule is CN(CCOc1ccccc1)Cc1nc(-c2ccc(F)cc2)no1. The van der Waals surface area contributed by atoms with E-state index in [9.17, 15) is 4.39 Å². The van der Waals surface area contributed by atoms with Crippen molar-refractivity contribution in [1.82, 2.24) is 15.0 Å². The van der Waals surface area contributed by atoms with Crippen LogP contribution in [0.5, 0.6) is 5.75 Å². The normalized spacial score (nSPS) is 11.0. The molecule has 0 aliphatic carbocycles. The van der Waals surface area contributed by atoms with Gasteiger partial charge >= 0.3 is 0 Å². The van der Waals surface area contributed by atoms with Gasteiger partial charge in [-0.3, -0.25) is 4.90 Å². The summed E-state index contributed by atoms with van der Waals surface area (Å²) in [5.74, 6) is 1.53. The smallest absolute Gasteiger partial charge is 0.241 e. The molecule has 0 atom stereocenters. The van der Waals surface area contributed by atoms with Crippen LogP contribution in [0.15, 0.2) is 59.1 Å². The fourth-order valence-corrected chi connectivity index (χ4v) is 2.18. The topological polar surface area (TPSA) is 51.4 Å². The van der Waals surface area contributed by atoms with Crippen molar-refractivity contribution in [3.63, 3.8) is 0 Å². The third-order valence-electron chi connectivity index (χ3n) is 3.46. The van der Waals surface area contributed by atoms with Gasteiger partial charge in [-0.1, -0.05) is 23.4 Å². The van der Waals surface area contributed by atoms with Crippen molar-refractivity contribution in [3.8, 4) is 17.1 Å². The van der Waals surface area contributed by atoms with Crippen LogP contribution in [-0.2, 0) is 6.54 Å². The van der Waals surface area contributed by atoms with Gasteiger partial charge in [0.1, 0.15) is 18.2 Å². The molecule has 124 valence electrons. The van der Waals surface area contributed by atoms with E-state index in [-0.39, 0.29) is 5.82 Å². The van der Waals surface area contributed by atoms with E-state index < -0.39 is 0 Å². The Morgan fingerprint density at radius 3 is 2.58 bits per heavy atom. The van der Waals surface area contributed by atoms with Gasteiger partial charge in [0.05, 0.1) is 6.54 Å². The molecule has 5 nitrogen and oxygen atoms in total. The Balaban J connectivity index is 1.50. The summed E-state index contributed by atoms with van der Waals surface area (Å²) in [6.45, 7) is 1.81. The first-order chi connectivity index (χ1) is 11.7. The van der Waals surface area contributed by atoms with Crippen LogP contribution in [0.25, 0.3) is 11.4 Å². The van der Waals surface area contributed by atoms with Crippen molar-refractivity contribution < 1.29 is 13.7 Å². The molecule has 3 aromatic rings. The molecular weight excluding hydrogens is 309 g/mol. The number of aromatic nitrogens is 2. The van der Waals surface area contributed by atoms with Crippen LogP contribution in [0.1, 0.15) is 5.89 Å². The van der Waals surface area contributed by atoms with Gasteiger partial charge in [0.15, 0.2) is 0 Å². The number of benzene rings is 2. The Morgan fingerprint density at radius 1 is 1.08 bits per heavy atom. The van der Waals surface area contributed by atoms with E-state index in [0.717, 1.165) is 17.9 Å². The fraction of sp³-hybridized carbons (Fsp3) is 0.222. The summed E-state index contributed by atoms with van der Waals surface area (Å²) < 4.78 is 23.8. The lowest BCUT2D eigenvalue weighted by Crippen LogP contribution is -2.24. The maximum atomic E-state index is 12.9. The monoisotopic (exact) mass is 327 g/mol. The van der Waals surface area contributed by atoms with E-state index >= 15 is 0 Å². The minimum Gasteiger partial charge on any atom is -0.492 e. The number of likely N-dealkylation sites (N-methyl/N-ethyl adjacent to an activating group) is 1. The van der Waals surface area contributed by atoms with E-state index in [1.807, 2.05) is 42.3 Å². The lowest BCUT2D eigenvalue weighted by Gasteiger charge is -2.14. The second kappa shape index (κ2) is 7.70. The molecule has 1 aromatic heterocycles. The van der Waals surface area contributed by atoms with Crippen LogP contribution in [-0.4, -0.2) is 35.2 Å². The molecule has 0 saturated heterocycles. The first-order valence-corrected chi connectivity index (χ1v) is 7.65. The zero-order valence-corrected chi connectivity index (χ0v) is 13.4. The number of nitrogens with zero attached hydrogens (tertiary/aromatic N) is 3. The Labute approximate surface area is 139 Å². The average molecular weight is 327 g/mol. The summed E-state index contributed by atoms with van der Waals surface area (Å²) in [5, 5.41) is 3.93. The summed E-state index contributed by atoms with van der Waals surface area (Å²) in [6.07, 6.45) is 0. The summed E-state index contributed by atoms with van der Waals surface area (Å²) >= 11 is 0. The lowest BCUT2D eigenvalue weighted by atomic mass is 10.2. The molecule has 6 heteroatoms. The predicted octanol–water partition coefficient (Wildman–Crippen LogP) is 3.39. The summed E-state index contributed by atoms with van der Waals surface area (Å²) in [7, 11) is 1.95.